The second-order valence-corrected chi connectivity index (χ2v) is 5.01. The third-order valence-electron chi connectivity index (χ3n) is 3.41. The molecule has 0 unspecified atom stereocenters. The van der Waals surface area contributed by atoms with Gasteiger partial charge in [0.05, 0.1) is 13.1 Å². The van der Waals surface area contributed by atoms with Crippen LogP contribution < -0.4 is 10.1 Å². The number of amides is 2. The minimum atomic E-state index is -1.00. The van der Waals surface area contributed by atoms with Crippen molar-refractivity contribution in [3.63, 3.8) is 0 Å². The average molecular weight is 292 g/mol. The molecule has 0 saturated carbocycles. The Morgan fingerprint density at radius 1 is 1.43 bits per heavy atom. The van der Waals surface area contributed by atoms with E-state index in [1.807, 2.05) is 31.2 Å². The number of carbonyl (C=O) groups is 2. The molecule has 0 fully saturated rings. The van der Waals surface area contributed by atoms with E-state index in [-0.39, 0.29) is 6.03 Å². The lowest BCUT2D eigenvalue weighted by molar-refractivity contribution is -0.139. The maximum atomic E-state index is 12.2. The molecule has 2 N–H and O–H groups in total. The highest BCUT2D eigenvalue weighted by Crippen LogP contribution is 2.22. The summed E-state index contributed by atoms with van der Waals surface area (Å²) in [7, 11) is 0. The van der Waals surface area contributed by atoms with Gasteiger partial charge in [0, 0.05) is 5.56 Å². The van der Waals surface area contributed by atoms with Crippen molar-refractivity contribution in [1.82, 2.24) is 10.2 Å². The summed E-state index contributed by atoms with van der Waals surface area (Å²) in [4.78, 5) is 24.9. The summed E-state index contributed by atoms with van der Waals surface area (Å²) in [5, 5.41) is 11.7. The number of hydrogen-bond acceptors (Lipinski definition) is 3. The molecular formula is C15H20N2O4. The summed E-state index contributed by atoms with van der Waals surface area (Å²) in [6.07, 6.45) is 1.12. The Labute approximate surface area is 123 Å². The van der Waals surface area contributed by atoms with Gasteiger partial charge in [0.1, 0.15) is 18.4 Å². The molecule has 6 heteroatoms. The van der Waals surface area contributed by atoms with Crippen molar-refractivity contribution in [3.8, 4) is 5.75 Å². The van der Waals surface area contributed by atoms with Gasteiger partial charge in [-0.15, -0.1) is 0 Å². The second-order valence-electron chi connectivity index (χ2n) is 5.01. The molecule has 1 aliphatic heterocycles. The van der Waals surface area contributed by atoms with Gasteiger partial charge in [-0.25, -0.2) is 9.59 Å². The maximum Gasteiger partial charge on any atom is 0.326 e. The molecule has 21 heavy (non-hydrogen) atoms. The molecule has 2 rings (SSSR count). The number of para-hydroxylation sites is 1. The van der Waals surface area contributed by atoms with Crippen molar-refractivity contribution in [2.24, 2.45) is 0 Å². The van der Waals surface area contributed by atoms with Crippen LogP contribution in [0.2, 0.25) is 0 Å². The van der Waals surface area contributed by atoms with Gasteiger partial charge in [-0.2, -0.15) is 0 Å². The zero-order chi connectivity index (χ0) is 15.2. The first-order chi connectivity index (χ1) is 10.1. The Kier molecular flexibility index (Phi) is 5.03. The lowest BCUT2D eigenvalue weighted by Gasteiger charge is -2.23. The number of hydrogen-bond donors (Lipinski definition) is 2. The second kappa shape index (κ2) is 6.97. The van der Waals surface area contributed by atoms with E-state index in [9.17, 15) is 9.59 Å². The third-order valence-corrected chi connectivity index (χ3v) is 3.41. The number of nitrogens with zero attached hydrogens (tertiary/aromatic N) is 1. The van der Waals surface area contributed by atoms with Crippen LogP contribution >= 0.6 is 0 Å². The van der Waals surface area contributed by atoms with E-state index >= 15 is 0 Å². The number of fused-ring (bicyclic) bond motifs is 1. The number of carboxylic acid groups (broad SMARTS) is 1. The highest BCUT2D eigenvalue weighted by Gasteiger charge is 2.24. The highest BCUT2D eigenvalue weighted by atomic mass is 16.5. The van der Waals surface area contributed by atoms with Crippen LogP contribution in [-0.4, -0.2) is 41.2 Å². The fourth-order valence-electron chi connectivity index (χ4n) is 2.29. The molecule has 0 radical (unpaired) electrons. The lowest BCUT2D eigenvalue weighted by Crippen LogP contribution is -2.48. The molecule has 6 nitrogen and oxygen atoms in total. The summed E-state index contributed by atoms with van der Waals surface area (Å²) in [5.74, 6) is -0.229. The SMILES string of the molecule is CCC[C@@H](NC(=O)N1CCOc2ccccc2C1)C(=O)O. The Bertz CT molecular complexity index is 518. The van der Waals surface area contributed by atoms with Crippen molar-refractivity contribution < 1.29 is 19.4 Å². The van der Waals surface area contributed by atoms with Crippen molar-refractivity contribution >= 4 is 12.0 Å². The van der Waals surface area contributed by atoms with Crippen LogP contribution in [0.25, 0.3) is 0 Å². The molecule has 1 aliphatic rings. The molecule has 0 saturated heterocycles. The van der Waals surface area contributed by atoms with E-state index in [2.05, 4.69) is 5.32 Å². The predicted octanol–water partition coefficient (Wildman–Crippen LogP) is 1.84. The van der Waals surface area contributed by atoms with Crippen molar-refractivity contribution in [3.05, 3.63) is 29.8 Å². The van der Waals surface area contributed by atoms with E-state index in [0.717, 1.165) is 11.3 Å². The Balaban J connectivity index is 2.04. The van der Waals surface area contributed by atoms with Crippen molar-refractivity contribution in [2.45, 2.75) is 32.4 Å². The van der Waals surface area contributed by atoms with Crippen molar-refractivity contribution in [2.75, 3.05) is 13.2 Å². The van der Waals surface area contributed by atoms with Gasteiger partial charge in [-0.05, 0) is 12.5 Å². The normalized spacial score (nSPS) is 15.4. The Hall–Kier alpha value is -2.24. The first kappa shape index (κ1) is 15.2. The van der Waals surface area contributed by atoms with Crippen LogP contribution in [0.4, 0.5) is 4.79 Å². The molecule has 0 spiro atoms. The van der Waals surface area contributed by atoms with E-state index in [4.69, 9.17) is 9.84 Å². The Morgan fingerprint density at radius 3 is 2.90 bits per heavy atom. The topological polar surface area (TPSA) is 78.9 Å². The van der Waals surface area contributed by atoms with Gasteiger partial charge in [0.15, 0.2) is 0 Å². The summed E-state index contributed by atoms with van der Waals surface area (Å²) in [5.41, 5.74) is 0.924. The fourth-order valence-corrected chi connectivity index (χ4v) is 2.29. The largest absolute Gasteiger partial charge is 0.491 e. The van der Waals surface area contributed by atoms with Gasteiger partial charge in [0.25, 0.3) is 0 Å². The zero-order valence-electron chi connectivity index (χ0n) is 12.0. The van der Waals surface area contributed by atoms with Crippen LogP contribution in [0.15, 0.2) is 24.3 Å². The van der Waals surface area contributed by atoms with Gasteiger partial charge in [-0.1, -0.05) is 31.5 Å². The third kappa shape index (κ3) is 3.87. The van der Waals surface area contributed by atoms with Crippen LogP contribution in [-0.2, 0) is 11.3 Å². The maximum absolute atomic E-state index is 12.2. The van der Waals surface area contributed by atoms with Gasteiger partial charge in [0.2, 0.25) is 0 Å². The first-order valence-electron chi connectivity index (χ1n) is 7.10. The number of urea groups is 1. The smallest absolute Gasteiger partial charge is 0.326 e. The number of aliphatic carboxylic acids is 1. The van der Waals surface area contributed by atoms with Crippen LogP contribution in [0.1, 0.15) is 25.3 Å². The Morgan fingerprint density at radius 2 is 2.19 bits per heavy atom. The molecule has 0 bridgehead atoms. The van der Waals surface area contributed by atoms with E-state index < -0.39 is 12.0 Å². The molecular weight excluding hydrogens is 272 g/mol. The molecule has 1 heterocycles. The number of rotatable bonds is 4. The molecule has 0 aromatic heterocycles. The number of ether oxygens (including phenoxy) is 1. The summed E-state index contributed by atoms with van der Waals surface area (Å²) >= 11 is 0. The summed E-state index contributed by atoms with van der Waals surface area (Å²) in [6.45, 7) is 3.13. The number of nitrogens with one attached hydrogen (secondary N) is 1. The number of benzene rings is 1. The molecule has 1 aromatic rings. The van der Waals surface area contributed by atoms with Crippen LogP contribution in [0.5, 0.6) is 5.75 Å². The van der Waals surface area contributed by atoms with Crippen molar-refractivity contribution in [1.29, 1.82) is 0 Å². The van der Waals surface area contributed by atoms with E-state index in [0.29, 0.717) is 32.5 Å². The number of carbonyl (C=O) groups excluding carboxylic acids is 1. The van der Waals surface area contributed by atoms with Gasteiger partial charge in [-0.3, -0.25) is 0 Å². The van der Waals surface area contributed by atoms with Crippen LogP contribution in [0, 0.1) is 0 Å². The van der Waals surface area contributed by atoms with E-state index in [1.165, 1.54) is 0 Å². The fraction of sp³-hybridized carbons (Fsp3) is 0.467. The quantitative estimate of drug-likeness (QED) is 0.887. The number of carboxylic acids is 1. The zero-order valence-corrected chi connectivity index (χ0v) is 12.0. The molecule has 0 aliphatic carbocycles. The highest BCUT2D eigenvalue weighted by molar-refractivity contribution is 5.82. The predicted molar refractivity (Wildman–Crippen MR) is 77.2 cm³/mol. The van der Waals surface area contributed by atoms with Gasteiger partial charge >= 0.3 is 12.0 Å². The van der Waals surface area contributed by atoms with E-state index in [1.54, 1.807) is 4.90 Å². The lowest BCUT2D eigenvalue weighted by atomic mass is 10.1. The van der Waals surface area contributed by atoms with Gasteiger partial charge < -0.3 is 20.1 Å². The molecule has 1 aromatic carbocycles. The summed E-state index contributed by atoms with van der Waals surface area (Å²) in [6, 6.07) is 6.34. The average Bonchev–Trinajstić information content (AvgIpc) is 2.68. The standard InChI is InChI=1S/C15H20N2O4/c1-2-5-12(14(18)19)16-15(20)17-8-9-21-13-7-4-3-6-11(13)10-17/h3-4,6-7,12H,2,5,8-10H2,1H3,(H,16,20)(H,18,19)/t12-/m1/s1. The minimum Gasteiger partial charge on any atom is -0.491 e. The molecule has 1 atom stereocenters. The minimum absolute atomic E-state index is 0.365. The summed E-state index contributed by atoms with van der Waals surface area (Å²) < 4.78 is 5.59. The van der Waals surface area contributed by atoms with Crippen LogP contribution in [0.3, 0.4) is 0 Å². The molecule has 2 amide bonds. The first-order valence-corrected chi connectivity index (χ1v) is 7.10. The molecule has 114 valence electrons. The monoisotopic (exact) mass is 292 g/mol.